The van der Waals surface area contributed by atoms with Crippen molar-refractivity contribution in [2.45, 2.75) is 32.2 Å². The number of esters is 1. The van der Waals surface area contributed by atoms with E-state index in [0.717, 1.165) is 6.42 Å². The third-order valence-corrected chi connectivity index (χ3v) is 4.88. The normalized spacial score (nSPS) is 15.6. The lowest BCUT2D eigenvalue weighted by Gasteiger charge is -2.19. The Morgan fingerprint density at radius 1 is 1.09 bits per heavy atom. The van der Waals surface area contributed by atoms with Crippen LogP contribution in [0.5, 0.6) is 0 Å². The number of carbonyl (C=O) groups is 1. The molecule has 0 saturated carbocycles. The summed E-state index contributed by atoms with van der Waals surface area (Å²) in [5, 5.41) is 0. The molecule has 23 heavy (non-hydrogen) atoms. The van der Waals surface area contributed by atoms with Gasteiger partial charge in [-0.2, -0.15) is 0 Å². The average molecular weight is 309 g/mol. The molecule has 3 heteroatoms. The highest BCUT2D eigenvalue weighted by atomic mass is 16.5. The zero-order chi connectivity index (χ0) is 16.4. The van der Waals surface area contributed by atoms with Crippen molar-refractivity contribution in [2.75, 3.05) is 6.61 Å². The van der Waals surface area contributed by atoms with Gasteiger partial charge in [0.2, 0.25) is 0 Å². The van der Waals surface area contributed by atoms with Crippen LogP contribution in [0.15, 0.2) is 48.5 Å². The van der Waals surface area contributed by atoms with Gasteiger partial charge in [0.25, 0.3) is 0 Å². The van der Waals surface area contributed by atoms with Gasteiger partial charge in [-0.05, 0) is 28.2 Å². The molecule has 0 spiro atoms. The number of carbonyl (C=O) groups excluding carboxylic acids is 1. The lowest BCUT2D eigenvalue weighted by atomic mass is 9.97. The van der Waals surface area contributed by atoms with E-state index in [4.69, 9.17) is 10.5 Å². The van der Waals surface area contributed by atoms with Gasteiger partial charge in [0.05, 0.1) is 0 Å². The third-order valence-electron chi connectivity index (χ3n) is 4.88. The minimum atomic E-state index is -0.549. The van der Waals surface area contributed by atoms with E-state index in [1.165, 1.54) is 22.3 Å². The fourth-order valence-corrected chi connectivity index (χ4v) is 3.19. The summed E-state index contributed by atoms with van der Waals surface area (Å²) in [5.41, 5.74) is 10.9. The van der Waals surface area contributed by atoms with Crippen LogP contribution in [0.3, 0.4) is 0 Å². The van der Waals surface area contributed by atoms with Gasteiger partial charge >= 0.3 is 5.97 Å². The summed E-state index contributed by atoms with van der Waals surface area (Å²) in [6, 6.07) is 16.1. The molecule has 0 radical (unpaired) electrons. The molecule has 0 amide bonds. The Labute approximate surface area is 137 Å². The molecule has 0 aromatic heterocycles. The highest BCUT2D eigenvalue weighted by molar-refractivity contribution is 5.79. The summed E-state index contributed by atoms with van der Waals surface area (Å²) in [5.74, 6) is -0.0812. The van der Waals surface area contributed by atoms with Crippen molar-refractivity contribution < 1.29 is 9.53 Å². The molecule has 0 bridgehead atoms. The topological polar surface area (TPSA) is 52.3 Å². The largest absolute Gasteiger partial charge is 0.464 e. The van der Waals surface area contributed by atoms with E-state index in [1.54, 1.807) is 0 Å². The van der Waals surface area contributed by atoms with Crippen LogP contribution in [-0.4, -0.2) is 18.6 Å². The van der Waals surface area contributed by atoms with Gasteiger partial charge in [-0.15, -0.1) is 0 Å². The van der Waals surface area contributed by atoms with Crippen LogP contribution >= 0.6 is 0 Å². The Morgan fingerprint density at radius 2 is 1.61 bits per heavy atom. The Morgan fingerprint density at radius 3 is 2.13 bits per heavy atom. The first-order valence-electron chi connectivity index (χ1n) is 8.24. The molecule has 2 aromatic rings. The summed E-state index contributed by atoms with van der Waals surface area (Å²) in [4.78, 5) is 12.2. The maximum atomic E-state index is 12.2. The quantitative estimate of drug-likeness (QED) is 0.857. The molecule has 2 aromatic carbocycles. The second kappa shape index (κ2) is 6.55. The molecule has 0 aliphatic heterocycles. The highest BCUT2D eigenvalue weighted by Crippen LogP contribution is 2.44. The summed E-state index contributed by atoms with van der Waals surface area (Å²) < 4.78 is 5.56. The second-order valence-electron chi connectivity index (χ2n) is 6.27. The van der Waals surface area contributed by atoms with Crippen LogP contribution in [0, 0.1) is 5.92 Å². The van der Waals surface area contributed by atoms with E-state index < -0.39 is 6.04 Å². The number of ether oxygens (including phenoxy) is 1. The molecule has 0 saturated heterocycles. The Hall–Kier alpha value is -2.13. The minimum absolute atomic E-state index is 0.0930. The molecule has 3 nitrogen and oxygen atoms in total. The zero-order valence-corrected chi connectivity index (χ0v) is 13.7. The number of hydrogen-bond donors (Lipinski definition) is 1. The SMILES string of the molecule is CC[C@H](C)[C@@H](N)C(=O)OCC1c2ccccc2-c2ccccc21. The van der Waals surface area contributed by atoms with Crippen LogP contribution in [0.25, 0.3) is 11.1 Å². The first-order valence-corrected chi connectivity index (χ1v) is 8.24. The Kier molecular flexibility index (Phi) is 4.49. The fourth-order valence-electron chi connectivity index (χ4n) is 3.19. The number of rotatable bonds is 5. The molecule has 3 rings (SSSR count). The smallest absolute Gasteiger partial charge is 0.323 e. The summed E-state index contributed by atoms with van der Waals surface area (Å²) in [7, 11) is 0. The predicted molar refractivity (Wildman–Crippen MR) is 92.1 cm³/mol. The average Bonchev–Trinajstić information content (AvgIpc) is 2.92. The van der Waals surface area contributed by atoms with Gasteiger partial charge in [0.15, 0.2) is 0 Å². The van der Waals surface area contributed by atoms with Gasteiger partial charge in [0, 0.05) is 5.92 Å². The molecule has 120 valence electrons. The summed E-state index contributed by atoms with van der Waals surface area (Å²) >= 11 is 0. The van der Waals surface area contributed by atoms with Crippen molar-refractivity contribution in [3.05, 3.63) is 59.7 Å². The van der Waals surface area contributed by atoms with Crippen molar-refractivity contribution in [1.29, 1.82) is 0 Å². The minimum Gasteiger partial charge on any atom is -0.464 e. The standard InChI is InChI=1S/C20H23NO2/c1-3-13(2)19(21)20(22)23-12-18-16-10-6-4-8-14(16)15-9-5-7-11-17(15)18/h4-11,13,18-19H,3,12,21H2,1-2H3/t13-,19+/m0/s1. The third kappa shape index (κ3) is 2.89. The molecule has 0 unspecified atom stereocenters. The number of benzene rings is 2. The van der Waals surface area contributed by atoms with E-state index >= 15 is 0 Å². The number of fused-ring (bicyclic) bond motifs is 3. The summed E-state index contributed by atoms with van der Waals surface area (Å²) in [6.45, 7) is 4.35. The highest BCUT2D eigenvalue weighted by Gasteiger charge is 2.30. The second-order valence-corrected chi connectivity index (χ2v) is 6.27. The van der Waals surface area contributed by atoms with Crippen LogP contribution in [0.1, 0.15) is 37.3 Å². The van der Waals surface area contributed by atoms with Crippen molar-refractivity contribution in [3.63, 3.8) is 0 Å². The molecule has 1 aliphatic rings. The lowest BCUT2D eigenvalue weighted by molar-refractivity contribution is -0.146. The van der Waals surface area contributed by atoms with Gasteiger partial charge in [-0.1, -0.05) is 68.8 Å². The van der Waals surface area contributed by atoms with E-state index in [-0.39, 0.29) is 17.8 Å². The van der Waals surface area contributed by atoms with Gasteiger partial charge in [-0.25, -0.2) is 0 Å². The fraction of sp³-hybridized carbons (Fsp3) is 0.350. The monoisotopic (exact) mass is 309 g/mol. The van der Waals surface area contributed by atoms with E-state index in [0.29, 0.717) is 6.61 Å². The van der Waals surface area contributed by atoms with Crippen LogP contribution in [0.4, 0.5) is 0 Å². The summed E-state index contributed by atoms with van der Waals surface area (Å²) in [6.07, 6.45) is 0.866. The van der Waals surface area contributed by atoms with Gasteiger partial charge < -0.3 is 10.5 Å². The molecule has 1 aliphatic carbocycles. The van der Waals surface area contributed by atoms with E-state index in [1.807, 2.05) is 38.1 Å². The maximum absolute atomic E-state index is 12.2. The molecular formula is C20H23NO2. The van der Waals surface area contributed by atoms with Crippen molar-refractivity contribution in [1.82, 2.24) is 0 Å². The molecular weight excluding hydrogens is 286 g/mol. The van der Waals surface area contributed by atoms with Crippen LogP contribution < -0.4 is 5.73 Å². The van der Waals surface area contributed by atoms with Gasteiger partial charge in [-0.3, -0.25) is 4.79 Å². The van der Waals surface area contributed by atoms with Crippen molar-refractivity contribution in [3.8, 4) is 11.1 Å². The molecule has 0 heterocycles. The number of hydrogen-bond acceptors (Lipinski definition) is 3. The lowest BCUT2D eigenvalue weighted by Crippen LogP contribution is -2.38. The van der Waals surface area contributed by atoms with E-state index in [2.05, 4.69) is 24.3 Å². The molecule has 2 N–H and O–H groups in total. The predicted octanol–water partition coefficient (Wildman–Crippen LogP) is 3.72. The first-order chi connectivity index (χ1) is 11.1. The van der Waals surface area contributed by atoms with Gasteiger partial charge in [0.1, 0.15) is 12.6 Å². The molecule has 0 fully saturated rings. The maximum Gasteiger partial charge on any atom is 0.323 e. The molecule has 2 atom stereocenters. The van der Waals surface area contributed by atoms with Crippen LogP contribution in [0.2, 0.25) is 0 Å². The first kappa shape index (κ1) is 15.8. The zero-order valence-electron chi connectivity index (χ0n) is 13.7. The van der Waals surface area contributed by atoms with Crippen LogP contribution in [-0.2, 0) is 9.53 Å². The van der Waals surface area contributed by atoms with E-state index in [9.17, 15) is 4.79 Å². The number of nitrogens with two attached hydrogens (primary N) is 1. The Balaban J connectivity index is 1.80. The van der Waals surface area contributed by atoms with Crippen molar-refractivity contribution in [2.24, 2.45) is 11.7 Å². The van der Waals surface area contributed by atoms with Crippen molar-refractivity contribution >= 4 is 5.97 Å². The Bertz CT molecular complexity index is 665.